The Kier molecular flexibility index (Phi) is 11.2. The number of nitrogens with zero attached hydrogens (tertiary/aromatic N) is 4. The number of benzene rings is 2. The van der Waals surface area contributed by atoms with Crippen molar-refractivity contribution < 1.29 is 33.4 Å². The number of aromatic amines is 2. The predicted octanol–water partition coefficient (Wildman–Crippen LogP) is 6.55. The number of alkyl carbamates (subject to hydrolysis) is 2. The fourth-order valence-corrected chi connectivity index (χ4v) is 10.0. The first kappa shape index (κ1) is 40.4. The van der Waals surface area contributed by atoms with Gasteiger partial charge in [0.2, 0.25) is 11.8 Å². The molecular formula is C46H54N8O7. The maximum Gasteiger partial charge on any atom is 0.407 e. The largest absolute Gasteiger partial charge is 0.453 e. The second-order valence-corrected chi connectivity index (χ2v) is 17.4. The second-order valence-electron chi connectivity index (χ2n) is 17.4. The van der Waals surface area contributed by atoms with E-state index in [-0.39, 0.29) is 53.7 Å². The van der Waals surface area contributed by atoms with Gasteiger partial charge < -0.3 is 44.6 Å². The van der Waals surface area contributed by atoms with Crippen molar-refractivity contribution in [2.45, 2.75) is 88.6 Å². The van der Waals surface area contributed by atoms with Gasteiger partial charge in [-0.15, -0.1) is 0 Å². The molecule has 4 fully saturated rings. The van der Waals surface area contributed by atoms with Gasteiger partial charge in [0.25, 0.3) is 0 Å². The van der Waals surface area contributed by atoms with Gasteiger partial charge in [-0.3, -0.25) is 9.59 Å². The summed E-state index contributed by atoms with van der Waals surface area (Å²) in [6.45, 7) is 4.95. The first-order valence-corrected chi connectivity index (χ1v) is 21.5. The van der Waals surface area contributed by atoms with Gasteiger partial charge in [-0.1, -0.05) is 74.5 Å². The molecule has 3 saturated heterocycles. The third kappa shape index (κ3) is 7.68. The number of likely N-dealkylation sites (tertiary alicyclic amines) is 2. The van der Waals surface area contributed by atoms with Gasteiger partial charge >= 0.3 is 12.2 Å². The van der Waals surface area contributed by atoms with Gasteiger partial charge in [0, 0.05) is 25.2 Å². The van der Waals surface area contributed by atoms with Crippen LogP contribution in [0, 0.1) is 23.7 Å². The molecule has 4 amide bonds. The average molecular weight is 831 g/mol. The molecule has 5 heterocycles. The van der Waals surface area contributed by atoms with Crippen LogP contribution in [0.25, 0.3) is 33.6 Å². The molecule has 4 N–H and O–H groups in total. The van der Waals surface area contributed by atoms with E-state index in [1.807, 2.05) is 36.0 Å². The molecule has 0 radical (unpaired) electrons. The summed E-state index contributed by atoms with van der Waals surface area (Å²) in [5.41, 5.74) is 5.81. The number of H-pyrrole nitrogens is 2. The van der Waals surface area contributed by atoms with Gasteiger partial charge in [-0.05, 0) is 78.5 Å². The minimum Gasteiger partial charge on any atom is -0.453 e. The highest BCUT2D eigenvalue weighted by Gasteiger charge is 2.52. The van der Waals surface area contributed by atoms with Crippen LogP contribution in [0.1, 0.15) is 76.1 Å². The lowest BCUT2D eigenvalue weighted by Crippen LogP contribution is -2.56. The number of methoxy groups -OCH3 is 2. The van der Waals surface area contributed by atoms with E-state index < -0.39 is 24.3 Å². The third-order valence-electron chi connectivity index (χ3n) is 13.7. The number of rotatable bonds is 11. The van der Waals surface area contributed by atoms with E-state index in [1.54, 1.807) is 0 Å². The van der Waals surface area contributed by atoms with Crippen LogP contribution in [-0.4, -0.2) is 105 Å². The van der Waals surface area contributed by atoms with Crippen molar-refractivity contribution >= 4 is 24.0 Å². The van der Waals surface area contributed by atoms with Crippen LogP contribution >= 0.6 is 0 Å². The van der Waals surface area contributed by atoms with Gasteiger partial charge in [-0.2, -0.15) is 0 Å². The number of ether oxygens (including phenoxy) is 3. The molecule has 0 unspecified atom stereocenters. The van der Waals surface area contributed by atoms with Crippen molar-refractivity contribution in [3.8, 4) is 33.6 Å². The number of hydrogen-bond donors (Lipinski definition) is 4. The Morgan fingerprint density at radius 1 is 0.705 bits per heavy atom. The zero-order valence-electron chi connectivity index (χ0n) is 35.0. The molecule has 2 aliphatic carbocycles. The molecule has 15 nitrogen and oxygen atoms in total. The average Bonchev–Trinajstić information content (AvgIpc) is 4.06. The Balaban J connectivity index is 0.876. The van der Waals surface area contributed by atoms with Crippen LogP contribution in [0.3, 0.4) is 0 Å². The lowest BCUT2D eigenvalue weighted by molar-refractivity contribution is -0.140. The molecule has 3 aliphatic heterocycles. The third-order valence-corrected chi connectivity index (χ3v) is 13.7. The first-order chi connectivity index (χ1) is 29.6. The molecule has 5 aliphatic rings. The normalized spacial score (nSPS) is 25.2. The fourth-order valence-electron chi connectivity index (χ4n) is 10.0. The Hall–Kier alpha value is -5.96. The summed E-state index contributed by atoms with van der Waals surface area (Å²) in [5.74, 6) is 1.77. The summed E-state index contributed by atoms with van der Waals surface area (Å²) in [7, 11) is 2.62. The van der Waals surface area contributed by atoms with E-state index in [0.29, 0.717) is 32.0 Å². The van der Waals surface area contributed by atoms with Crippen LogP contribution in [-0.2, 0) is 23.8 Å². The lowest BCUT2D eigenvalue weighted by Gasteiger charge is -2.40. The van der Waals surface area contributed by atoms with Crippen LogP contribution < -0.4 is 10.6 Å². The van der Waals surface area contributed by atoms with Crippen molar-refractivity contribution in [2.24, 2.45) is 23.7 Å². The standard InChI is InChI=1S/C46H54N8O7/c1-25(2)39(51-45(57)59-3)43(55)53-35-15-13-31(35)21-37(53)41-47-23-33(49-41)28-9-5-26(6-10-28)27-7-11-29(12-8-27)34-24-48-42(50-34)38-22-32-14-16-36(32)54(38)44(56)40(52-46(58)60-4)30-17-19-61-20-18-30/h5-13,15,23-25,30-32,35-40H,14,16-22H2,1-4H3,(H,47,49)(H,48,50)(H,51,57)(H,52,58)/t31-,32-,35-,36-,37+,38+,39+,40+/m1/s1. The molecule has 0 bridgehead atoms. The maximum absolute atomic E-state index is 14.3. The highest BCUT2D eigenvalue weighted by molar-refractivity contribution is 5.88. The molecule has 15 heteroatoms. The van der Waals surface area contributed by atoms with Gasteiger partial charge in [0.15, 0.2) is 0 Å². The summed E-state index contributed by atoms with van der Waals surface area (Å²) < 4.78 is 15.3. The second kappa shape index (κ2) is 16.8. The smallest absolute Gasteiger partial charge is 0.407 e. The predicted molar refractivity (Wildman–Crippen MR) is 225 cm³/mol. The van der Waals surface area contributed by atoms with Crippen LogP contribution in [0.4, 0.5) is 9.59 Å². The number of nitrogens with one attached hydrogen (secondary N) is 4. The molecular weight excluding hydrogens is 777 g/mol. The molecule has 320 valence electrons. The maximum atomic E-state index is 14.3. The number of carbonyl (C=O) groups excluding carboxylic acids is 4. The minimum absolute atomic E-state index is 0.0251. The van der Waals surface area contributed by atoms with Gasteiger partial charge in [0.1, 0.15) is 23.7 Å². The van der Waals surface area contributed by atoms with Crippen LogP contribution in [0.2, 0.25) is 0 Å². The Morgan fingerprint density at radius 3 is 1.77 bits per heavy atom. The molecule has 1 saturated carbocycles. The van der Waals surface area contributed by atoms with E-state index in [0.717, 1.165) is 71.0 Å². The molecule has 2 aromatic carbocycles. The first-order valence-electron chi connectivity index (χ1n) is 21.5. The number of fused-ring (bicyclic) bond motifs is 2. The van der Waals surface area contributed by atoms with Crippen molar-refractivity contribution in [3.05, 3.63) is 84.7 Å². The lowest BCUT2D eigenvalue weighted by atomic mass is 9.79. The SMILES string of the molecule is COC(=O)N[C@H](C(=O)N1[C@@H]2C=C[C@@H]2C[C@H]1c1ncc(-c2ccc(-c3ccc(-c4cnc([C@@H]5C[C@H]6CC[C@H]6N5C(=O)[C@@H](NC(=O)OC)C5CCOCC5)[nH]4)cc3)cc2)[nH]1)C(C)C. The topological polar surface area (TPSA) is 184 Å². The van der Waals surface area contributed by atoms with Crippen LogP contribution in [0.15, 0.2) is 73.1 Å². The summed E-state index contributed by atoms with van der Waals surface area (Å²) in [6, 6.07) is 14.9. The quantitative estimate of drug-likeness (QED) is 0.122. The zero-order valence-corrected chi connectivity index (χ0v) is 35.0. The summed E-state index contributed by atoms with van der Waals surface area (Å²) in [6.07, 6.45) is 11.6. The highest BCUT2D eigenvalue weighted by atomic mass is 16.5. The highest BCUT2D eigenvalue weighted by Crippen LogP contribution is 2.50. The van der Waals surface area contributed by atoms with E-state index in [4.69, 9.17) is 24.2 Å². The fraction of sp³-hybridized carbons (Fsp3) is 0.478. The number of imidazole rings is 2. The number of hydrogen-bond acceptors (Lipinski definition) is 9. The molecule has 8 atom stereocenters. The van der Waals surface area contributed by atoms with E-state index in [1.165, 1.54) is 14.2 Å². The number of amides is 4. The molecule has 4 aromatic rings. The summed E-state index contributed by atoms with van der Waals surface area (Å²) in [5, 5.41) is 5.60. The molecule has 2 aromatic heterocycles. The van der Waals surface area contributed by atoms with Crippen molar-refractivity contribution in [1.82, 2.24) is 40.4 Å². The Bertz CT molecular complexity index is 2280. The van der Waals surface area contributed by atoms with E-state index >= 15 is 0 Å². The number of carbonyl (C=O) groups is 4. The van der Waals surface area contributed by atoms with Gasteiger partial charge in [0.05, 0.1) is 56.1 Å². The van der Waals surface area contributed by atoms with E-state index in [2.05, 4.69) is 81.3 Å². The summed E-state index contributed by atoms with van der Waals surface area (Å²) in [4.78, 5) is 73.3. The molecule has 9 rings (SSSR count). The van der Waals surface area contributed by atoms with Gasteiger partial charge in [-0.25, -0.2) is 19.6 Å². The monoisotopic (exact) mass is 830 g/mol. The Labute approximate surface area is 355 Å². The van der Waals surface area contributed by atoms with Crippen molar-refractivity contribution in [1.29, 1.82) is 0 Å². The number of aromatic nitrogens is 4. The van der Waals surface area contributed by atoms with E-state index in [9.17, 15) is 19.2 Å². The summed E-state index contributed by atoms with van der Waals surface area (Å²) >= 11 is 0. The van der Waals surface area contributed by atoms with Crippen LogP contribution in [0.5, 0.6) is 0 Å². The van der Waals surface area contributed by atoms with Crippen molar-refractivity contribution in [2.75, 3.05) is 27.4 Å². The zero-order chi connectivity index (χ0) is 42.4. The molecule has 61 heavy (non-hydrogen) atoms. The minimum atomic E-state index is -0.717. The molecule has 0 spiro atoms. The Morgan fingerprint density at radius 2 is 1.26 bits per heavy atom. The van der Waals surface area contributed by atoms with Crippen molar-refractivity contribution in [3.63, 3.8) is 0 Å².